The molecule has 0 aliphatic carbocycles. The van der Waals surface area contributed by atoms with Gasteiger partial charge in [0.15, 0.2) is 0 Å². The SMILES string of the molecule is CC[C@@H](C)Nc1nc(NCc2ccc(Br)cc2)cc(-c2cccnc2)n1. The van der Waals surface area contributed by atoms with Crippen LogP contribution in [0.5, 0.6) is 0 Å². The fraction of sp³-hybridized carbons (Fsp3) is 0.250. The van der Waals surface area contributed by atoms with Crippen molar-refractivity contribution in [1.82, 2.24) is 15.0 Å². The highest BCUT2D eigenvalue weighted by atomic mass is 79.9. The number of benzene rings is 1. The third-order valence-electron chi connectivity index (χ3n) is 4.06. The molecule has 0 unspecified atom stereocenters. The first-order valence-corrected chi connectivity index (χ1v) is 9.47. The third kappa shape index (κ3) is 5.02. The van der Waals surface area contributed by atoms with Crippen LogP contribution in [0.25, 0.3) is 11.3 Å². The smallest absolute Gasteiger partial charge is 0.225 e. The molecule has 0 aliphatic rings. The fourth-order valence-electron chi connectivity index (χ4n) is 2.38. The van der Waals surface area contributed by atoms with Gasteiger partial charge in [0.25, 0.3) is 0 Å². The van der Waals surface area contributed by atoms with E-state index in [2.05, 4.69) is 67.5 Å². The van der Waals surface area contributed by atoms with Crippen molar-refractivity contribution in [1.29, 1.82) is 0 Å². The second-order valence-corrected chi connectivity index (χ2v) is 7.05. The monoisotopic (exact) mass is 411 g/mol. The molecule has 0 radical (unpaired) electrons. The molecule has 6 heteroatoms. The van der Waals surface area contributed by atoms with Gasteiger partial charge in [-0.15, -0.1) is 0 Å². The highest BCUT2D eigenvalue weighted by Crippen LogP contribution is 2.22. The van der Waals surface area contributed by atoms with E-state index in [0.29, 0.717) is 18.5 Å². The summed E-state index contributed by atoms with van der Waals surface area (Å²) in [5.41, 5.74) is 3.00. The zero-order chi connectivity index (χ0) is 18.4. The topological polar surface area (TPSA) is 62.7 Å². The Hall–Kier alpha value is -2.47. The molecule has 2 N–H and O–H groups in total. The molecule has 0 aliphatic heterocycles. The predicted octanol–water partition coefficient (Wildman–Crippen LogP) is 5.12. The number of nitrogens with zero attached hydrogens (tertiary/aromatic N) is 3. The molecule has 5 nitrogen and oxygen atoms in total. The Morgan fingerprint density at radius 2 is 1.92 bits per heavy atom. The lowest BCUT2D eigenvalue weighted by Crippen LogP contribution is -2.16. The maximum Gasteiger partial charge on any atom is 0.225 e. The minimum atomic E-state index is 0.304. The Kier molecular flexibility index (Phi) is 6.17. The summed E-state index contributed by atoms with van der Waals surface area (Å²) in [6, 6.07) is 14.4. The number of anilines is 2. The van der Waals surface area contributed by atoms with Gasteiger partial charge >= 0.3 is 0 Å². The van der Waals surface area contributed by atoms with Crippen LogP contribution in [0.15, 0.2) is 59.3 Å². The van der Waals surface area contributed by atoms with E-state index in [1.54, 1.807) is 6.20 Å². The summed E-state index contributed by atoms with van der Waals surface area (Å²) in [4.78, 5) is 13.5. The molecule has 0 saturated carbocycles. The highest BCUT2D eigenvalue weighted by Gasteiger charge is 2.09. The molecule has 1 atom stereocenters. The molecule has 26 heavy (non-hydrogen) atoms. The van der Waals surface area contributed by atoms with E-state index >= 15 is 0 Å². The van der Waals surface area contributed by atoms with E-state index in [0.717, 1.165) is 28.0 Å². The minimum Gasteiger partial charge on any atom is -0.366 e. The van der Waals surface area contributed by atoms with Crippen molar-refractivity contribution in [2.45, 2.75) is 32.9 Å². The lowest BCUT2D eigenvalue weighted by molar-refractivity contribution is 0.753. The minimum absolute atomic E-state index is 0.304. The van der Waals surface area contributed by atoms with Crippen molar-refractivity contribution in [3.63, 3.8) is 0 Å². The van der Waals surface area contributed by atoms with E-state index in [1.807, 2.05) is 36.5 Å². The van der Waals surface area contributed by atoms with Gasteiger partial charge in [-0.25, -0.2) is 4.98 Å². The quantitative estimate of drug-likeness (QED) is 0.564. The molecule has 1 aromatic carbocycles. The largest absolute Gasteiger partial charge is 0.366 e. The first-order valence-electron chi connectivity index (χ1n) is 8.68. The Balaban J connectivity index is 1.85. The fourth-order valence-corrected chi connectivity index (χ4v) is 2.65. The van der Waals surface area contributed by atoms with Crippen LogP contribution < -0.4 is 10.6 Å². The van der Waals surface area contributed by atoms with E-state index in [9.17, 15) is 0 Å². The van der Waals surface area contributed by atoms with Gasteiger partial charge in [-0.05, 0) is 43.2 Å². The predicted molar refractivity (Wildman–Crippen MR) is 110 cm³/mol. The number of halogens is 1. The molecular weight excluding hydrogens is 390 g/mol. The molecule has 0 fully saturated rings. The Morgan fingerprint density at radius 1 is 1.12 bits per heavy atom. The van der Waals surface area contributed by atoms with Crippen LogP contribution >= 0.6 is 15.9 Å². The van der Waals surface area contributed by atoms with Crippen LogP contribution in [-0.4, -0.2) is 21.0 Å². The lowest BCUT2D eigenvalue weighted by atomic mass is 10.2. The third-order valence-corrected chi connectivity index (χ3v) is 4.59. The molecule has 3 rings (SSSR count). The Morgan fingerprint density at radius 3 is 2.62 bits per heavy atom. The average Bonchev–Trinajstić information content (AvgIpc) is 2.68. The summed E-state index contributed by atoms with van der Waals surface area (Å²) in [6.07, 6.45) is 4.58. The Labute approximate surface area is 162 Å². The van der Waals surface area contributed by atoms with Gasteiger partial charge in [-0.3, -0.25) is 4.98 Å². The van der Waals surface area contributed by atoms with Crippen molar-refractivity contribution in [3.8, 4) is 11.3 Å². The Bertz CT molecular complexity index is 837. The van der Waals surface area contributed by atoms with Gasteiger partial charge in [0.2, 0.25) is 5.95 Å². The van der Waals surface area contributed by atoms with Crippen LogP contribution in [-0.2, 0) is 6.54 Å². The number of pyridine rings is 1. The molecule has 2 heterocycles. The van der Waals surface area contributed by atoms with Crippen molar-refractivity contribution in [2.75, 3.05) is 10.6 Å². The van der Waals surface area contributed by atoms with Crippen LogP contribution in [0, 0.1) is 0 Å². The molecule has 134 valence electrons. The number of aromatic nitrogens is 3. The first-order chi connectivity index (χ1) is 12.6. The summed E-state index contributed by atoms with van der Waals surface area (Å²) in [7, 11) is 0. The van der Waals surface area contributed by atoms with E-state index in [1.165, 1.54) is 5.56 Å². The summed E-state index contributed by atoms with van der Waals surface area (Å²) < 4.78 is 1.07. The van der Waals surface area contributed by atoms with Gasteiger partial charge < -0.3 is 10.6 Å². The van der Waals surface area contributed by atoms with E-state index in [4.69, 9.17) is 0 Å². The van der Waals surface area contributed by atoms with Crippen molar-refractivity contribution < 1.29 is 0 Å². The zero-order valence-electron chi connectivity index (χ0n) is 14.9. The number of hydrogen-bond acceptors (Lipinski definition) is 5. The van der Waals surface area contributed by atoms with Crippen LogP contribution in [0.4, 0.5) is 11.8 Å². The maximum atomic E-state index is 4.65. The first kappa shape index (κ1) is 18.3. The van der Waals surface area contributed by atoms with Gasteiger partial charge in [0, 0.05) is 41.1 Å². The standard InChI is InChI=1S/C20H22BrN5/c1-3-14(2)24-20-25-18(16-5-4-10-22-13-16)11-19(26-20)23-12-15-6-8-17(21)9-7-15/h4-11,13-14H,3,12H2,1-2H3,(H2,23,24,25,26)/t14-/m1/s1. The molecule has 0 amide bonds. The van der Waals surface area contributed by atoms with Crippen molar-refractivity contribution in [3.05, 3.63) is 64.9 Å². The average molecular weight is 412 g/mol. The van der Waals surface area contributed by atoms with Gasteiger partial charge in [0.05, 0.1) is 5.69 Å². The van der Waals surface area contributed by atoms with Crippen LogP contribution in [0.1, 0.15) is 25.8 Å². The van der Waals surface area contributed by atoms with Gasteiger partial charge in [0.1, 0.15) is 5.82 Å². The zero-order valence-corrected chi connectivity index (χ0v) is 16.5. The molecule has 2 aromatic heterocycles. The molecule has 3 aromatic rings. The molecular formula is C20H22BrN5. The molecule has 0 spiro atoms. The van der Waals surface area contributed by atoms with Crippen LogP contribution in [0.2, 0.25) is 0 Å². The van der Waals surface area contributed by atoms with E-state index < -0.39 is 0 Å². The van der Waals surface area contributed by atoms with Crippen molar-refractivity contribution >= 4 is 27.7 Å². The van der Waals surface area contributed by atoms with E-state index in [-0.39, 0.29) is 0 Å². The van der Waals surface area contributed by atoms with Crippen molar-refractivity contribution in [2.24, 2.45) is 0 Å². The number of hydrogen-bond donors (Lipinski definition) is 2. The second kappa shape index (κ2) is 8.76. The summed E-state index contributed by atoms with van der Waals surface area (Å²) in [5.74, 6) is 1.41. The summed E-state index contributed by atoms with van der Waals surface area (Å²) in [6.45, 7) is 4.95. The molecule has 0 saturated heterocycles. The normalized spacial score (nSPS) is 11.8. The summed E-state index contributed by atoms with van der Waals surface area (Å²) >= 11 is 3.46. The molecule has 0 bridgehead atoms. The van der Waals surface area contributed by atoms with Gasteiger partial charge in [-0.1, -0.05) is 35.0 Å². The van der Waals surface area contributed by atoms with Gasteiger partial charge in [-0.2, -0.15) is 4.98 Å². The van der Waals surface area contributed by atoms with Crippen LogP contribution in [0.3, 0.4) is 0 Å². The highest BCUT2D eigenvalue weighted by molar-refractivity contribution is 9.10. The number of nitrogens with one attached hydrogen (secondary N) is 2. The lowest BCUT2D eigenvalue weighted by Gasteiger charge is -2.14. The summed E-state index contributed by atoms with van der Waals surface area (Å²) in [5, 5.41) is 6.75. The second-order valence-electron chi connectivity index (χ2n) is 6.14. The number of rotatable bonds is 7. The maximum absolute atomic E-state index is 4.65.